The maximum atomic E-state index is 12.8. The topological polar surface area (TPSA) is 72.5 Å². The van der Waals surface area contributed by atoms with Crippen LogP contribution in [0.3, 0.4) is 0 Å². The zero-order chi connectivity index (χ0) is 20.0. The Balaban J connectivity index is 1.75. The molecule has 0 spiro atoms. The van der Waals surface area contributed by atoms with E-state index in [1.54, 1.807) is 12.1 Å². The molecule has 0 bridgehead atoms. The van der Waals surface area contributed by atoms with Crippen molar-refractivity contribution in [2.75, 3.05) is 0 Å². The minimum atomic E-state index is -0.974. The number of halogens is 1. The first-order chi connectivity index (χ1) is 12.8. The van der Waals surface area contributed by atoms with Crippen LogP contribution in [0.1, 0.15) is 45.4 Å². The molecular formula is C20H22FNO4S. The van der Waals surface area contributed by atoms with Crippen LogP contribution in [0.4, 0.5) is 4.39 Å². The van der Waals surface area contributed by atoms with E-state index in [0.717, 1.165) is 15.3 Å². The van der Waals surface area contributed by atoms with Crippen molar-refractivity contribution >= 4 is 29.0 Å². The van der Waals surface area contributed by atoms with Gasteiger partial charge in [0.05, 0.1) is 6.42 Å². The molecule has 1 amide bonds. The van der Waals surface area contributed by atoms with E-state index in [1.165, 1.54) is 30.4 Å². The van der Waals surface area contributed by atoms with Crippen LogP contribution < -0.4 is 5.32 Å². The quantitative estimate of drug-likeness (QED) is 0.550. The molecule has 0 aliphatic carbocycles. The van der Waals surface area contributed by atoms with Crippen LogP contribution >= 0.6 is 11.3 Å². The van der Waals surface area contributed by atoms with E-state index in [1.807, 2.05) is 19.9 Å². The van der Waals surface area contributed by atoms with Gasteiger partial charge in [-0.25, -0.2) is 4.39 Å². The van der Waals surface area contributed by atoms with Crippen LogP contribution in [-0.4, -0.2) is 23.8 Å². The molecule has 1 aromatic carbocycles. The van der Waals surface area contributed by atoms with Crippen molar-refractivity contribution in [3.63, 3.8) is 0 Å². The van der Waals surface area contributed by atoms with Crippen molar-refractivity contribution in [3.8, 4) is 0 Å². The number of benzene rings is 1. The van der Waals surface area contributed by atoms with Crippen molar-refractivity contribution in [2.24, 2.45) is 0 Å². The standard InChI is InChI=1S/C20H22FNO4S/c1-12-10-17(14(3)27-12)18(23)8-9-19(24)26-13(2)20(25)22-11-15-4-6-16(21)7-5-15/h4-7,10,13H,8-9,11H2,1-3H3,(H,22,25)/t13-/m1/s1. The van der Waals surface area contributed by atoms with Gasteiger partial charge in [0.25, 0.3) is 5.91 Å². The Morgan fingerprint density at radius 1 is 1.15 bits per heavy atom. The molecule has 0 aliphatic rings. The lowest BCUT2D eigenvalue weighted by Gasteiger charge is -2.13. The highest BCUT2D eigenvalue weighted by molar-refractivity contribution is 7.12. The first kappa shape index (κ1) is 20.8. The van der Waals surface area contributed by atoms with Crippen LogP contribution in [0, 0.1) is 19.7 Å². The third-order valence-electron chi connectivity index (χ3n) is 3.96. The fourth-order valence-electron chi connectivity index (χ4n) is 2.50. The average molecular weight is 391 g/mol. The van der Waals surface area contributed by atoms with E-state index >= 15 is 0 Å². The number of aryl methyl sites for hydroxylation is 2. The molecule has 1 heterocycles. The molecule has 1 N–H and O–H groups in total. The van der Waals surface area contributed by atoms with Crippen molar-refractivity contribution in [1.82, 2.24) is 5.32 Å². The molecule has 27 heavy (non-hydrogen) atoms. The third kappa shape index (κ3) is 6.29. The number of nitrogens with one attached hydrogen (secondary N) is 1. The molecule has 2 rings (SSSR count). The fraction of sp³-hybridized carbons (Fsp3) is 0.350. The number of rotatable bonds is 8. The summed E-state index contributed by atoms with van der Waals surface area (Å²) >= 11 is 1.54. The molecule has 2 aromatic rings. The molecule has 0 aliphatic heterocycles. The Hall–Kier alpha value is -2.54. The van der Waals surface area contributed by atoms with Crippen molar-refractivity contribution in [3.05, 3.63) is 57.0 Å². The molecule has 0 unspecified atom stereocenters. The summed E-state index contributed by atoms with van der Waals surface area (Å²) in [6.45, 7) is 5.47. The highest BCUT2D eigenvalue weighted by Crippen LogP contribution is 2.22. The SMILES string of the molecule is Cc1cc(C(=O)CCC(=O)O[C@H](C)C(=O)NCc2ccc(F)cc2)c(C)s1. The average Bonchev–Trinajstić information content (AvgIpc) is 2.97. The molecule has 7 heteroatoms. The van der Waals surface area contributed by atoms with E-state index in [0.29, 0.717) is 5.56 Å². The third-order valence-corrected chi connectivity index (χ3v) is 4.92. The van der Waals surface area contributed by atoms with Gasteiger partial charge >= 0.3 is 5.97 Å². The van der Waals surface area contributed by atoms with Gasteiger partial charge in [0.2, 0.25) is 0 Å². The largest absolute Gasteiger partial charge is 0.453 e. The van der Waals surface area contributed by atoms with Crippen LogP contribution in [0.15, 0.2) is 30.3 Å². The van der Waals surface area contributed by atoms with Gasteiger partial charge in [-0.15, -0.1) is 11.3 Å². The highest BCUT2D eigenvalue weighted by atomic mass is 32.1. The first-order valence-corrected chi connectivity index (χ1v) is 9.39. The number of thiophene rings is 1. The Bertz CT molecular complexity index is 829. The second-order valence-electron chi connectivity index (χ2n) is 6.23. The monoisotopic (exact) mass is 391 g/mol. The van der Waals surface area contributed by atoms with E-state index < -0.39 is 18.0 Å². The number of Topliss-reactive ketones (excluding diaryl/α,β-unsaturated/α-hetero) is 1. The summed E-state index contributed by atoms with van der Waals surface area (Å²) in [7, 11) is 0. The second kappa shape index (κ2) is 9.41. The number of carbonyl (C=O) groups is 3. The van der Waals surface area contributed by atoms with Crippen LogP contribution in [0.5, 0.6) is 0 Å². The summed E-state index contributed by atoms with van der Waals surface area (Å²) in [5, 5.41) is 2.62. The maximum absolute atomic E-state index is 12.8. The van der Waals surface area contributed by atoms with Crippen molar-refractivity contribution < 1.29 is 23.5 Å². The van der Waals surface area contributed by atoms with Crippen LogP contribution in [-0.2, 0) is 20.9 Å². The van der Waals surface area contributed by atoms with Gasteiger partial charge in [-0.2, -0.15) is 0 Å². The smallest absolute Gasteiger partial charge is 0.307 e. The second-order valence-corrected chi connectivity index (χ2v) is 7.69. The Kier molecular flexibility index (Phi) is 7.24. The summed E-state index contributed by atoms with van der Waals surface area (Å²) in [5.74, 6) is -1.52. The lowest BCUT2D eigenvalue weighted by atomic mass is 10.1. The van der Waals surface area contributed by atoms with Gasteiger partial charge < -0.3 is 10.1 Å². The van der Waals surface area contributed by atoms with Gasteiger partial charge in [0, 0.05) is 28.3 Å². The molecule has 144 valence electrons. The lowest BCUT2D eigenvalue weighted by molar-refractivity contribution is -0.154. The summed E-state index contributed by atoms with van der Waals surface area (Å²) in [5.41, 5.74) is 1.37. The van der Waals surface area contributed by atoms with Gasteiger partial charge in [0.15, 0.2) is 11.9 Å². The molecule has 0 saturated heterocycles. The van der Waals surface area contributed by atoms with Crippen LogP contribution in [0.2, 0.25) is 0 Å². The van der Waals surface area contributed by atoms with Gasteiger partial charge in [-0.05, 0) is 44.5 Å². The van der Waals surface area contributed by atoms with Crippen molar-refractivity contribution in [2.45, 2.75) is 46.3 Å². The van der Waals surface area contributed by atoms with Crippen LogP contribution in [0.25, 0.3) is 0 Å². The summed E-state index contributed by atoms with van der Waals surface area (Å²) in [6, 6.07) is 7.55. The van der Waals surface area contributed by atoms with Gasteiger partial charge in [-0.1, -0.05) is 12.1 Å². The molecule has 0 saturated carbocycles. The number of ketones is 1. The number of esters is 1. The summed E-state index contributed by atoms with van der Waals surface area (Å²) < 4.78 is 17.9. The molecule has 5 nitrogen and oxygen atoms in total. The van der Waals surface area contributed by atoms with E-state index in [2.05, 4.69) is 5.32 Å². The number of amides is 1. The normalized spacial score (nSPS) is 11.7. The summed E-state index contributed by atoms with van der Waals surface area (Å²) in [4.78, 5) is 38.1. The van der Waals surface area contributed by atoms with Crippen molar-refractivity contribution in [1.29, 1.82) is 0 Å². The zero-order valence-corrected chi connectivity index (χ0v) is 16.3. The molecular weight excluding hydrogens is 369 g/mol. The maximum Gasteiger partial charge on any atom is 0.307 e. The molecule has 0 fully saturated rings. The van der Waals surface area contributed by atoms with Gasteiger partial charge in [0.1, 0.15) is 5.82 Å². The predicted octanol–water partition coefficient (Wildman–Crippen LogP) is 3.72. The number of hydrogen-bond donors (Lipinski definition) is 1. The minimum Gasteiger partial charge on any atom is -0.453 e. The molecule has 0 radical (unpaired) electrons. The minimum absolute atomic E-state index is 0.0414. The Morgan fingerprint density at radius 2 is 1.81 bits per heavy atom. The molecule has 1 aromatic heterocycles. The number of carbonyl (C=O) groups excluding carboxylic acids is 3. The van der Waals surface area contributed by atoms with E-state index in [9.17, 15) is 18.8 Å². The first-order valence-electron chi connectivity index (χ1n) is 8.58. The Morgan fingerprint density at radius 3 is 2.41 bits per heavy atom. The van der Waals surface area contributed by atoms with E-state index in [4.69, 9.17) is 4.74 Å². The van der Waals surface area contributed by atoms with Gasteiger partial charge in [-0.3, -0.25) is 14.4 Å². The fourth-order valence-corrected chi connectivity index (χ4v) is 3.45. The number of ether oxygens (including phenoxy) is 1. The predicted molar refractivity (Wildman–Crippen MR) is 101 cm³/mol. The summed E-state index contributed by atoms with van der Waals surface area (Å²) in [6.07, 6.45) is -1.01. The Labute approximate surface area is 161 Å². The number of hydrogen-bond acceptors (Lipinski definition) is 5. The molecule has 1 atom stereocenters. The van der Waals surface area contributed by atoms with E-state index in [-0.39, 0.29) is 31.0 Å². The highest BCUT2D eigenvalue weighted by Gasteiger charge is 2.19. The zero-order valence-electron chi connectivity index (χ0n) is 15.5. The lowest BCUT2D eigenvalue weighted by Crippen LogP contribution is -2.35.